The number of likely N-dealkylation sites (N-methyl/N-ethyl adjacent to an activating group) is 1. The highest BCUT2D eigenvalue weighted by molar-refractivity contribution is 5.40. The van der Waals surface area contributed by atoms with Crippen LogP contribution in [-0.2, 0) is 6.42 Å². The Labute approximate surface area is 103 Å². The summed E-state index contributed by atoms with van der Waals surface area (Å²) in [7, 11) is 1.87. The molecule has 2 N–H and O–H groups in total. The molecule has 1 atom stereocenters. The Bertz CT molecular complexity index is 396. The van der Waals surface area contributed by atoms with E-state index < -0.39 is 5.60 Å². The van der Waals surface area contributed by atoms with Crippen LogP contribution >= 0.6 is 0 Å². The first kappa shape index (κ1) is 12.4. The van der Waals surface area contributed by atoms with Crippen molar-refractivity contribution in [3.05, 3.63) is 29.3 Å². The molecule has 0 saturated carbocycles. The number of fused-ring (bicyclic) bond motifs is 1. The summed E-state index contributed by atoms with van der Waals surface area (Å²) in [6.07, 6.45) is 2.13. The van der Waals surface area contributed by atoms with E-state index in [-0.39, 0.29) is 6.04 Å². The molecular weight excluding hydrogens is 214 g/mol. The van der Waals surface area contributed by atoms with Crippen LogP contribution in [0.2, 0.25) is 0 Å². The van der Waals surface area contributed by atoms with Crippen molar-refractivity contribution in [1.82, 2.24) is 5.32 Å². The van der Waals surface area contributed by atoms with Gasteiger partial charge in [-0.05, 0) is 50.9 Å². The Morgan fingerprint density at radius 1 is 1.41 bits per heavy atom. The molecule has 0 saturated heterocycles. The number of nitrogens with one attached hydrogen (secondary N) is 1. The van der Waals surface area contributed by atoms with Crippen LogP contribution in [0.4, 0.5) is 0 Å². The number of hydrogen-bond acceptors (Lipinski definition) is 3. The molecule has 0 amide bonds. The van der Waals surface area contributed by atoms with Crippen LogP contribution in [0.3, 0.4) is 0 Å². The summed E-state index contributed by atoms with van der Waals surface area (Å²) < 4.78 is 5.59. The lowest BCUT2D eigenvalue weighted by Gasteiger charge is -2.30. The highest BCUT2D eigenvalue weighted by Crippen LogP contribution is 2.31. The maximum absolute atomic E-state index is 10.1. The molecule has 1 aliphatic rings. The molecule has 2 rings (SSSR count). The monoisotopic (exact) mass is 235 g/mol. The first-order valence-electron chi connectivity index (χ1n) is 6.17. The lowest BCUT2D eigenvalue weighted by molar-refractivity contribution is 0.0400. The van der Waals surface area contributed by atoms with E-state index in [9.17, 15) is 5.11 Å². The van der Waals surface area contributed by atoms with Gasteiger partial charge in [-0.3, -0.25) is 0 Å². The van der Waals surface area contributed by atoms with E-state index in [1.54, 1.807) is 0 Å². The topological polar surface area (TPSA) is 41.5 Å². The minimum Gasteiger partial charge on any atom is -0.493 e. The molecule has 0 spiro atoms. The van der Waals surface area contributed by atoms with E-state index in [4.69, 9.17) is 4.74 Å². The number of benzene rings is 1. The fraction of sp³-hybridized carbons (Fsp3) is 0.571. The lowest BCUT2D eigenvalue weighted by Crippen LogP contribution is -2.37. The van der Waals surface area contributed by atoms with Gasteiger partial charge >= 0.3 is 0 Å². The van der Waals surface area contributed by atoms with Crippen LogP contribution in [0.25, 0.3) is 0 Å². The van der Waals surface area contributed by atoms with Gasteiger partial charge in [0.25, 0.3) is 0 Å². The van der Waals surface area contributed by atoms with Crippen molar-refractivity contribution >= 4 is 0 Å². The SMILES string of the molecule is CNC(c1ccc2c(c1)CCCO2)C(C)(C)O. The quantitative estimate of drug-likeness (QED) is 0.842. The highest BCUT2D eigenvalue weighted by atomic mass is 16.5. The van der Waals surface area contributed by atoms with Crippen molar-refractivity contribution in [2.45, 2.75) is 38.3 Å². The maximum atomic E-state index is 10.1. The van der Waals surface area contributed by atoms with Gasteiger partial charge < -0.3 is 15.2 Å². The summed E-state index contributed by atoms with van der Waals surface area (Å²) in [5, 5.41) is 13.3. The van der Waals surface area contributed by atoms with Gasteiger partial charge in [-0.2, -0.15) is 0 Å². The zero-order valence-corrected chi connectivity index (χ0v) is 10.8. The molecular formula is C14H21NO2. The lowest BCUT2D eigenvalue weighted by atomic mass is 9.90. The van der Waals surface area contributed by atoms with Crippen molar-refractivity contribution in [3.63, 3.8) is 0 Å². The molecule has 17 heavy (non-hydrogen) atoms. The standard InChI is InChI=1S/C14H21NO2/c1-14(2,16)13(15-3)11-6-7-12-10(9-11)5-4-8-17-12/h6-7,9,13,15-16H,4-5,8H2,1-3H3. The Morgan fingerprint density at radius 2 is 2.18 bits per heavy atom. The fourth-order valence-electron chi connectivity index (χ4n) is 2.49. The molecule has 0 bridgehead atoms. The van der Waals surface area contributed by atoms with Gasteiger partial charge in [0.05, 0.1) is 18.2 Å². The average molecular weight is 235 g/mol. The van der Waals surface area contributed by atoms with Crippen molar-refractivity contribution in [3.8, 4) is 5.75 Å². The van der Waals surface area contributed by atoms with E-state index >= 15 is 0 Å². The summed E-state index contributed by atoms with van der Waals surface area (Å²) in [6, 6.07) is 6.13. The molecule has 1 aromatic rings. The third kappa shape index (κ3) is 2.61. The van der Waals surface area contributed by atoms with Crippen LogP contribution < -0.4 is 10.1 Å². The second kappa shape index (κ2) is 4.67. The molecule has 3 nitrogen and oxygen atoms in total. The van der Waals surface area contributed by atoms with Gasteiger partial charge in [-0.15, -0.1) is 0 Å². The van der Waals surface area contributed by atoms with Crippen LogP contribution in [0.1, 0.15) is 37.4 Å². The molecule has 0 aliphatic carbocycles. The Morgan fingerprint density at radius 3 is 2.82 bits per heavy atom. The summed E-state index contributed by atoms with van der Waals surface area (Å²) in [5.74, 6) is 0.991. The van der Waals surface area contributed by atoms with Crippen molar-refractivity contribution in [2.24, 2.45) is 0 Å². The average Bonchev–Trinajstić information content (AvgIpc) is 2.28. The Balaban J connectivity index is 2.32. The van der Waals surface area contributed by atoms with Crippen LogP contribution in [-0.4, -0.2) is 24.4 Å². The minimum atomic E-state index is -0.779. The second-order valence-electron chi connectivity index (χ2n) is 5.19. The van der Waals surface area contributed by atoms with Crippen molar-refractivity contribution < 1.29 is 9.84 Å². The first-order valence-corrected chi connectivity index (χ1v) is 6.17. The molecule has 94 valence electrons. The molecule has 1 aromatic carbocycles. The maximum Gasteiger partial charge on any atom is 0.122 e. The second-order valence-corrected chi connectivity index (χ2v) is 5.19. The van der Waals surface area contributed by atoms with Gasteiger partial charge in [-0.25, -0.2) is 0 Å². The van der Waals surface area contributed by atoms with Crippen LogP contribution in [0, 0.1) is 0 Å². The number of ether oxygens (including phenoxy) is 1. The van der Waals surface area contributed by atoms with Crippen molar-refractivity contribution in [1.29, 1.82) is 0 Å². The number of hydrogen-bond donors (Lipinski definition) is 2. The van der Waals surface area contributed by atoms with E-state index in [0.717, 1.165) is 30.8 Å². The molecule has 0 radical (unpaired) electrons. The summed E-state index contributed by atoms with van der Waals surface area (Å²) in [6.45, 7) is 4.46. The molecule has 3 heteroatoms. The predicted molar refractivity (Wildman–Crippen MR) is 68.4 cm³/mol. The minimum absolute atomic E-state index is 0.0604. The van der Waals surface area contributed by atoms with E-state index in [0.29, 0.717) is 0 Å². The number of aryl methyl sites for hydroxylation is 1. The van der Waals surface area contributed by atoms with Crippen LogP contribution in [0.5, 0.6) is 5.75 Å². The zero-order valence-electron chi connectivity index (χ0n) is 10.8. The van der Waals surface area contributed by atoms with Gasteiger partial charge in [0.15, 0.2) is 0 Å². The molecule has 1 heterocycles. The summed E-state index contributed by atoms with van der Waals surface area (Å²) in [5.41, 5.74) is 1.58. The molecule has 1 aliphatic heterocycles. The largest absolute Gasteiger partial charge is 0.493 e. The highest BCUT2D eigenvalue weighted by Gasteiger charge is 2.27. The predicted octanol–water partition coefficient (Wildman–Crippen LogP) is 2.04. The Hall–Kier alpha value is -1.06. The number of aliphatic hydroxyl groups is 1. The summed E-state index contributed by atoms with van der Waals surface area (Å²) >= 11 is 0. The molecule has 0 fully saturated rings. The third-order valence-corrected chi connectivity index (χ3v) is 3.26. The third-order valence-electron chi connectivity index (χ3n) is 3.26. The van der Waals surface area contributed by atoms with Crippen molar-refractivity contribution in [2.75, 3.05) is 13.7 Å². The molecule has 1 unspecified atom stereocenters. The smallest absolute Gasteiger partial charge is 0.122 e. The van der Waals surface area contributed by atoms with E-state index in [1.807, 2.05) is 33.0 Å². The van der Waals surface area contributed by atoms with Gasteiger partial charge in [0.2, 0.25) is 0 Å². The normalized spacial score (nSPS) is 17.2. The molecule has 0 aromatic heterocycles. The Kier molecular flexibility index (Phi) is 3.40. The zero-order chi connectivity index (χ0) is 12.5. The fourth-order valence-corrected chi connectivity index (χ4v) is 2.49. The number of rotatable bonds is 3. The first-order chi connectivity index (χ1) is 8.02. The van der Waals surface area contributed by atoms with Gasteiger partial charge in [0, 0.05) is 0 Å². The van der Waals surface area contributed by atoms with Gasteiger partial charge in [-0.1, -0.05) is 12.1 Å². The van der Waals surface area contributed by atoms with Crippen LogP contribution in [0.15, 0.2) is 18.2 Å². The summed E-state index contributed by atoms with van der Waals surface area (Å²) in [4.78, 5) is 0. The van der Waals surface area contributed by atoms with Gasteiger partial charge in [0.1, 0.15) is 5.75 Å². The van der Waals surface area contributed by atoms with E-state index in [2.05, 4.69) is 11.4 Å². The van der Waals surface area contributed by atoms with E-state index in [1.165, 1.54) is 5.56 Å².